The maximum absolute atomic E-state index is 12.6. The molecular weight excluding hydrogens is 398 g/mol. The van der Waals surface area contributed by atoms with Crippen molar-refractivity contribution < 1.29 is 9.53 Å². The second kappa shape index (κ2) is 7.78. The lowest BCUT2D eigenvalue weighted by Crippen LogP contribution is -2.32. The molecule has 3 heterocycles. The molecule has 0 saturated heterocycles. The highest BCUT2D eigenvalue weighted by molar-refractivity contribution is 6.31. The summed E-state index contributed by atoms with van der Waals surface area (Å²) in [5.74, 6) is 0.631. The molecule has 0 aromatic carbocycles. The quantitative estimate of drug-likeness (QED) is 0.623. The Kier molecular flexibility index (Phi) is 5.18. The molecule has 1 saturated carbocycles. The van der Waals surface area contributed by atoms with E-state index in [1.807, 2.05) is 13.8 Å². The summed E-state index contributed by atoms with van der Waals surface area (Å²) in [6.45, 7) is 4.07. The van der Waals surface area contributed by atoms with E-state index in [1.165, 1.54) is 10.8 Å². The summed E-state index contributed by atoms with van der Waals surface area (Å²) in [6, 6.07) is 3.26. The van der Waals surface area contributed by atoms with Crippen LogP contribution in [0.15, 0.2) is 23.3 Å². The van der Waals surface area contributed by atoms with Crippen molar-refractivity contribution in [3.63, 3.8) is 0 Å². The molecule has 0 unspecified atom stereocenters. The molecule has 1 aliphatic rings. The van der Waals surface area contributed by atoms with Crippen molar-refractivity contribution in [1.29, 1.82) is 0 Å². The molecule has 3 aromatic heterocycles. The Labute approximate surface area is 170 Å². The third-order valence-corrected chi connectivity index (χ3v) is 4.85. The van der Waals surface area contributed by atoms with E-state index in [0.717, 1.165) is 17.5 Å². The molecule has 0 radical (unpaired) electrons. The van der Waals surface area contributed by atoms with Gasteiger partial charge in [0.25, 0.3) is 5.56 Å². The van der Waals surface area contributed by atoms with Crippen LogP contribution in [0.1, 0.15) is 38.3 Å². The molecule has 4 rings (SSSR count). The Morgan fingerprint density at radius 2 is 2.14 bits per heavy atom. The van der Waals surface area contributed by atoms with Gasteiger partial charge in [-0.3, -0.25) is 9.59 Å². The van der Waals surface area contributed by atoms with Gasteiger partial charge < -0.3 is 10.1 Å². The maximum Gasteiger partial charge on any atom is 0.289 e. The molecular formula is C18H20ClN7O3. The predicted octanol–water partition coefficient (Wildman–Crippen LogP) is 1.89. The van der Waals surface area contributed by atoms with E-state index in [4.69, 9.17) is 16.3 Å². The first kappa shape index (κ1) is 19.3. The highest BCUT2D eigenvalue weighted by atomic mass is 35.5. The third-order valence-electron chi connectivity index (χ3n) is 4.51. The van der Waals surface area contributed by atoms with Crippen molar-refractivity contribution >= 4 is 29.0 Å². The smallest absolute Gasteiger partial charge is 0.289 e. The van der Waals surface area contributed by atoms with Gasteiger partial charge in [-0.2, -0.15) is 9.61 Å². The highest BCUT2D eigenvalue weighted by Gasteiger charge is 2.26. The molecule has 10 nitrogen and oxygen atoms in total. The highest BCUT2D eigenvalue weighted by Crippen LogP contribution is 2.33. The molecule has 152 valence electrons. The lowest BCUT2D eigenvalue weighted by atomic mass is 10.1. The van der Waals surface area contributed by atoms with Crippen LogP contribution in [0.4, 0.5) is 5.82 Å². The van der Waals surface area contributed by atoms with Gasteiger partial charge in [-0.15, -0.1) is 15.3 Å². The molecule has 0 spiro atoms. The number of fused-ring (bicyclic) bond motifs is 1. The van der Waals surface area contributed by atoms with Crippen LogP contribution in [0.25, 0.3) is 5.65 Å². The van der Waals surface area contributed by atoms with Gasteiger partial charge in [0.1, 0.15) is 18.6 Å². The lowest BCUT2D eigenvalue weighted by molar-refractivity contribution is -0.117. The van der Waals surface area contributed by atoms with Crippen molar-refractivity contribution in [3.05, 3.63) is 39.5 Å². The van der Waals surface area contributed by atoms with E-state index in [2.05, 4.69) is 25.7 Å². The van der Waals surface area contributed by atoms with Gasteiger partial charge in [-0.25, -0.2) is 4.68 Å². The van der Waals surface area contributed by atoms with Gasteiger partial charge in [0.05, 0.1) is 6.61 Å². The van der Waals surface area contributed by atoms with Crippen LogP contribution in [0.2, 0.25) is 5.02 Å². The molecule has 3 aromatic rings. The van der Waals surface area contributed by atoms with E-state index in [-0.39, 0.29) is 17.5 Å². The van der Waals surface area contributed by atoms with Crippen molar-refractivity contribution in [3.8, 4) is 5.75 Å². The van der Waals surface area contributed by atoms with Crippen molar-refractivity contribution in [2.75, 3.05) is 11.9 Å². The zero-order valence-corrected chi connectivity index (χ0v) is 16.8. The minimum absolute atomic E-state index is 0.0329. The summed E-state index contributed by atoms with van der Waals surface area (Å²) in [7, 11) is 0. The second-order valence-electron chi connectivity index (χ2n) is 7.30. The van der Waals surface area contributed by atoms with Gasteiger partial charge in [0, 0.05) is 5.92 Å². The summed E-state index contributed by atoms with van der Waals surface area (Å²) in [5, 5.41) is 18.7. The van der Waals surface area contributed by atoms with Crippen molar-refractivity contribution in [2.45, 2.75) is 39.2 Å². The second-order valence-corrected chi connectivity index (χ2v) is 7.68. The molecule has 11 heteroatoms. The number of aromatic nitrogens is 6. The van der Waals surface area contributed by atoms with E-state index >= 15 is 0 Å². The van der Waals surface area contributed by atoms with Crippen LogP contribution in [0, 0.1) is 5.92 Å². The summed E-state index contributed by atoms with van der Waals surface area (Å²) < 4.78 is 8.27. The fraction of sp³-hybridized carbons (Fsp3) is 0.444. The zero-order chi connectivity index (χ0) is 20.5. The molecule has 1 amide bonds. The Morgan fingerprint density at radius 3 is 2.86 bits per heavy atom. The average Bonchev–Trinajstić information content (AvgIpc) is 3.39. The number of carbonyl (C=O) groups is 1. The Hall–Kier alpha value is -3.01. The SMILES string of the molecule is CC(C)c1nn(CC(=O)Nc2ccc3nncn3n2)c(=O)c(Cl)c1OCC1CC1. The number of amides is 1. The van der Waals surface area contributed by atoms with Gasteiger partial charge >= 0.3 is 0 Å². The Balaban J connectivity index is 1.55. The molecule has 29 heavy (non-hydrogen) atoms. The van der Waals surface area contributed by atoms with Crippen molar-refractivity contribution in [1.82, 2.24) is 29.6 Å². The summed E-state index contributed by atoms with van der Waals surface area (Å²) >= 11 is 6.29. The van der Waals surface area contributed by atoms with Crippen LogP contribution >= 0.6 is 11.6 Å². The fourth-order valence-corrected chi connectivity index (χ4v) is 3.01. The number of halogens is 1. The molecule has 0 atom stereocenters. The molecule has 1 N–H and O–H groups in total. The van der Waals surface area contributed by atoms with Crippen LogP contribution in [0.5, 0.6) is 5.75 Å². The first-order chi connectivity index (χ1) is 13.9. The number of nitrogens with zero attached hydrogens (tertiary/aromatic N) is 6. The Morgan fingerprint density at radius 1 is 1.34 bits per heavy atom. The lowest BCUT2D eigenvalue weighted by Gasteiger charge is -2.16. The minimum Gasteiger partial charge on any atom is -0.490 e. The van der Waals surface area contributed by atoms with E-state index in [1.54, 1.807) is 12.1 Å². The number of carbonyl (C=O) groups excluding carboxylic acids is 1. The van der Waals surface area contributed by atoms with E-state index in [9.17, 15) is 9.59 Å². The van der Waals surface area contributed by atoms with Crippen LogP contribution in [-0.2, 0) is 11.3 Å². The molecule has 1 fully saturated rings. The number of hydrogen-bond acceptors (Lipinski definition) is 7. The zero-order valence-electron chi connectivity index (χ0n) is 16.0. The normalized spacial score (nSPS) is 13.8. The topological polar surface area (TPSA) is 116 Å². The van der Waals surface area contributed by atoms with E-state index in [0.29, 0.717) is 35.4 Å². The van der Waals surface area contributed by atoms with Crippen molar-refractivity contribution in [2.24, 2.45) is 5.92 Å². The van der Waals surface area contributed by atoms with Gasteiger partial charge in [-0.1, -0.05) is 25.4 Å². The summed E-state index contributed by atoms with van der Waals surface area (Å²) in [6.07, 6.45) is 3.66. The standard InChI is InChI=1S/C18H20ClN7O3/c1-10(2)16-17(29-8-11-3-4-11)15(19)18(28)25(24-16)7-14(27)21-12-5-6-13-22-20-9-26(13)23-12/h5-6,9-11H,3-4,7-8H2,1-2H3,(H,21,23,27). The average molecular weight is 418 g/mol. The van der Waals surface area contributed by atoms with Crippen LogP contribution in [-0.4, -0.2) is 42.1 Å². The minimum atomic E-state index is -0.570. The van der Waals surface area contributed by atoms with E-state index < -0.39 is 11.5 Å². The van der Waals surface area contributed by atoms with Gasteiger partial charge in [-0.05, 0) is 30.9 Å². The third kappa shape index (κ3) is 4.21. The fourth-order valence-electron chi connectivity index (χ4n) is 2.77. The number of nitrogens with one attached hydrogen (secondary N) is 1. The molecule has 0 bridgehead atoms. The Bertz CT molecular complexity index is 1120. The first-order valence-corrected chi connectivity index (χ1v) is 9.70. The predicted molar refractivity (Wildman–Crippen MR) is 105 cm³/mol. The largest absolute Gasteiger partial charge is 0.490 e. The summed E-state index contributed by atoms with van der Waals surface area (Å²) in [5.41, 5.74) is 0.530. The van der Waals surface area contributed by atoms with Gasteiger partial charge in [0.2, 0.25) is 5.91 Å². The summed E-state index contributed by atoms with van der Waals surface area (Å²) in [4.78, 5) is 25.1. The maximum atomic E-state index is 12.6. The molecule has 1 aliphatic carbocycles. The van der Waals surface area contributed by atoms with Crippen LogP contribution in [0.3, 0.4) is 0 Å². The number of rotatable bonds is 7. The number of hydrogen-bond donors (Lipinski definition) is 1. The van der Waals surface area contributed by atoms with Crippen LogP contribution < -0.4 is 15.6 Å². The monoisotopic (exact) mass is 417 g/mol. The molecule has 0 aliphatic heterocycles. The number of anilines is 1. The van der Waals surface area contributed by atoms with Gasteiger partial charge in [0.15, 0.2) is 22.2 Å². The first-order valence-electron chi connectivity index (χ1n) is 9.32. The number of ether oxygens (including phenoxy) is 1.